The van der Waals surface area contributed by atoms with Gasteiger partial charge in [0.15, 0.2) is 24.5 Å². The van der Waals surface area contributed by atoms with Crippen LogP contribution in [0, 0.1) is 17.8 Å². The van der Waals surface area contributed by atoms with E-state index in [1.807, 2.05) is 0 Å². The molecule has 0 spiro atoms. The molecule has 0 saturated carbocycles. The van der Waals surface area contributed by atoms with Gasteiger partial charge in [-0.15, -0.1) is 13.2 Å². The first-order chi connectivity index (χ1) is 41.6. The maximum Gasteiger partial charge on any atom is 0.305 e. The summed E-state index contributed by atoms with van der Waals surface area (Å²) >= 11 is 0. The van der Waals surface area contributed by atoms with Crippen LogP contribution in [0.15, 0.2) is 30.3 Å². The molecule has 32 heteroatoms. The highest BCUT2D eigenvalue weighted by Crippen LogP contribution is 2.18. The SMILES string of the molecule is C=CCCC[C@@](C)(NC)C(=O)N[C@@H](N[C@H](C=O)CCCN=C(N)N)C(=O)N[C@@H](N[C@H](C=O)CC(C)C)C(=O)N[C@@H](N[C@H](C=O)CC(C)C)C(=O)N[C@](C)(CCCC=C)C(=O)N[C@@H](CCC(=O)O)C(=O)NC(C(=O)NCC(=O)NC(CC(=O)O)C(N)=O)C(C)C. The molecule has 20 N–H and O–H groups in total. The predicted octanol–water partition coefficient (Wildman–Crippen LogP) is -3.45. The first-order valence-corrected chi connectivity index (χ1v) is 29.4. The van der Waals surface area contributed by atoms with Crippen LogP contribution in [0.2, 0.25) is 0 Å². The number of likely N-dealkylation sites (N-methyl/N-ethyl adjacent to an activating group) is 1. The van der Waals surface area contributed by atoms with Crippen molar-refractivity contribution >= 4 is 89.9 Å². The Bertz CT molecular complexity index is 2460. The normalized spacial score (nSPS) is 15.6. The molecule has 89 heavy (non-hydrogen) atoms. The Morgan fingerprint density at radius 3 is 1.48 bits per heavy atom. The fourth-order valence-electron chi connectivity index (χ4n) is 8.68. The number of primary amides is 1. The van der Waals surface area contributed by atoms with E-state index in [1.165, 1.54) is 33.9 Å². The number of rotatable bonds is 49. The smallest absolute Gasteiger partial charge is 0.305 e. The van der Waals surface area contributed by atoms with Gasteiger partial charge < -0.3 is 89.6 Å². The minimum absolute atomic E-state index is 0.0489. The Morgan fingerprint density at radius 1 is 0.562 bits per heavy atom. The molecule has 0 aromatic rings. The van der Waals surface area contributed by atoms with E-state index in [9.17, 15) is 72.2 Å². The van der Waals surface area contributed by atoms with E-state index in [-0.39, 0.29) is 75.7 Å². The van der Waals surface area contributed by atoms with Crippen molar-refractivity contribution in [3.63, 3.8) is 0 Å². The van der Waals surface area contributed by atoms with Crippen molar-refractivity contribution in [2.24, 2.45) is 39.9 Å². The van der Waals surface area contributed by atoms with Crippen LogP contribution in [0.5, 0.6) is 0 Å². The molecule has 9 amide bonds. The number of allylic oxidation sites excluding steroid dienone is 2. The average Bonchev–Trinajstić information content (AvgIpc) is 2.03. The van der Waals surface area contributed by atoms with E-state index in [1.54, 1.807) is 40.7 Å². The highest BCUT2D eigenvalue weighted by atomic mass is 16.4. The van der Waals surface area contributed by atoms with Crippen molar-refractivity contribution in [2.45, 2.75) is 205 Å². The molecule has 11 atom stereocenters. The number of hydrogen-bond donors (Lipinski definition) is 17. The number of carbonyl (C=O) groups is 14. The number of unbranched alkanes of at least 4 members (excludes halogenated alkanes) is 2. The molecule has 0 aromatic carbocycles. The largest absolute Gasteiger partial charge is 0.481 e. The number of nitrogens with one attached hydrogen (secondary N) is 12. The molecule has 0 fully saturated rings. The molecule has 0 heterocycles. The fraction of sp³-hybridized carbons (Fsp3) is 0.667. The molecule has 502 valence electrons. The Kier molecular flexibility index (Phi) is 38.0. The standard InChI is InChI=1S/C57H98N16O16/c1-12-14-16-22-56(9,61-11)53(88)72-46(64-35(29-74)19-18-24-62-55(59)60)51(86)70-45(65-36(30-75)25-32(3)4)50(85)71-47(66-37(31-76)26-33(5)6)52(87)73-57(10,23-17-15-13-2)54(89)68-38(20-21-41(78)79)48(83)69-43(34(7)8)49(84)63-28-40(77)67-39(44(58)82)27-42(80)81/h12-13,29-39,43,45-47,61,64-66H,1-2,14-28H2,3-11H3,(H2,58,82)(H,63,84)(H,67,77)(H,68,89)(H,69,83)(H,70,86)(H,71,85)(H,72,88)(H,73,87)(H,78,79)(H,80,81)(H4,59,60,62)/t35-,36-,37-,38-,39?,43?,45+,46+,47+,56+,57+/m0/s1. The second-order valence-corrected chi connectivity index (χ2v) is 23.0. The van der Waals surface area contributed by atoms with E-state index in [0.717, 1.165) is 0 Å². The van der Waals surface area contributed by atoms with E-state index in [4.69, 9.17) is 22.3 Å². The van der Waals surface area contributed by atoms with E-state index >= 15 is 0 Å². The molecular formula is C57H98N16O16. The number of aldehydes is 3. The van der Waals surface area contributed by atoms with Gasteiger partial charge in [0.1, 0.15) is 42.5 Å². The molecule has 0 rings (SSSR count). The lowest BCUT2D eigenvalue weighted by Crippen LogP contribution is -2.69. The van der Waals surface area contributed by atoms with Gasteiger partial charge in [0.25, 0.3) is 17.7 Å². The quantitative estimate of drug-likeness (QED) is 0.00703. The van der Waals surface area contributed by atoms with Crippen molar-refractivity contribution in [1.82, 2.24) is 63.8 Å². The number of aliphatic imine (C=N–C) groups is 1. The van der Waals surface area contributed by atoms with Gasteiger partial charge in [0.05, 0.1) is 36.6 Å². The van der Waals surface area contributed by atoms with Crippen LogP contribution in [0.3, 0.4) is 0 Å². The van der Waals surface area contributed by atoms with Crippen molar-refractivity contribution in [3.05, 3.63) is 25.3 Å². The first-order valence-electron chi connectivity index (χ1n) is 29.4. The molecule has 32 nitrogen and oxygen atoms in total. The highest BCUT2D eigenvalue weighted by molar-refractivity contribution is 5.99. The van der Waals surface area contributed by atoms with E-state index < -0.39 is 163 Å². The van der Waals surface area contributed by atoms with Crippen LogP contribution in [0.1, 0.15) is 139 Å². The number of hydrogen-bond acceptors (Lipinski definition) is 19. The number of nitrogens with two attached hydrogens (primary N) is 3. The molecule has 0 saturated heterocycles. The first kappa shape index (κ1) is 80.8. The highest BCUT2D eigenvalue weighted by Gasteiger charge is 2.42. The summed E-state index contributed by atoms with van der Waals surface area (Å²) in [6.07, 6.45) is -1.27. The molecule has 0 radical (unpaired) electrons. The Morgan fingerprint density at radius 2 is 1.04 bits per heavy atom. The number of nitrogens with zero attached hydrogens (tertiary/aromatic N) is 1. The minimum Gasteiger partial charge on any atom is -0.481 e. The molecule has 0 aromatic heterocycles. The van der Waals surface area contributed by atoms with Crippen LogP contribution in [-0.4, -0.2) is 186 Å². The summed E-state index contributed by atoms with van der Waals surface area (Å²) in [5, 5.41) is 49.5. The zero-order valence-corrected chi connectivity index (χ0v) is 52.6. The molecular weight excluding hydrogens is 1160 g/mol. The zero-order chi connectivity index (χ0) is 68.2. The number of guanidine groups is 1. The molecule has 0 aliphatic heterocycles. The van der Waals surface area contributed by atoms with Crippen LogP contribution in [0.25, 0.3) is 0 Å². The zero-order valence-electron chi connectivity index (χ0n) is 52.6. The second-order valence-electron chi connectivity index (χ2n) is 23.0. The van der Waals surface area contributed by atoms with Gasteiger partial charge in [-0.05, 0) is 109 Å². The summed E-state index contributed by atoms with van der Waals surface area (Å²) in [5.74, 6) is -13.7. The van der Waals surface area contributed by atoms with Gasteiger partial charge in [0, 0.05) is 13.0 Å². The number of carboxylic acids is 2. The lowest BCUT2D eigenvalue weighted by molar-refractivity contribution is -0.140. The van der Waals surface area contributed by atoms with Gasteiger partial charge >= 0.3 is 11.9 Å². The van der Waals surface area contributed by atoms with Crippen molar-refractivity contribution in [2.75, 3.05) is 20.1 Å². The Labute approximate surface area is 519 Å². The van der Waals surface area contributed by atoms with E-state index in [2.05, 4.69) is 82.0 Å². The van der Waals surface area contributed by atoms with Gasteiger partial charge in [-0.3, -0.25) is 73.7 Å². The minimum atomic E-state index is -2.07. The summed E-state index contributed by atoms with van der Waals surface area (Å²) in [5.41, 5.74) is 12.7. The van der Waals surface area contributed by atoms with Gasteiger partial charge in [-0.25, -0.2) is 0 Å². The van der Waals surface area contributed by atoms with Crippen LogP contribution in [-0.2, 0) is 67.1 Å². The monoisotopic (exact) mass is 1260 g/mol. The number of aliphatic carboxylic acids is 2. The molecule has 0 aliphatic rings. The summed E-state index contributed by atoms with van der Waals surface area (Å²) in [4.78, 5) is 190. The summed E-state index contributed by atoms with van der Waals surface area (Å²) in [7, 11) is 1.53. The summed E-state index contributed by atoms with van der Waals surface area (Å²) in [6.45, 7) is 19.6. The topological polar surface area (TPSA) is 514 Å². The Balaban J connectivity index is 7.68. The Hall–Kier alpha value is -8.23. The number of carbonyl (C=O) groups excluding carboxylic acids is 12. The summed E-state index contributed by atoms with van der Waals surface area (Å²) in [6, 6.07) is -8.26. The van der Waals surface area contributed by atoms with Crippen molar-refractivity contribution in [1.29, 1.82) is 0 Å². The number of carboxylic acid groups (broad SMARTS) is 2. The fourth-order valence-corrected chi connectivity index (χ4v) is 8.68. The van der Waals surface area contributed by atoms with Gasteiger partial charge in [0.2, 0.25) is 35.4 Å². The van der Waals surface area contributed by atoms with E-state index in [0.29, 0.717) is 31.7 Å². The lowest BCUT2D eigenvalue weighted by Gasteiger charge is -2.35. The van der Waals surface area contributed by atoms with Crippen LogP contribution >= 0.6 is 0 Å². The van der Waals surface area contributed by atoms with Crippen LogP contribution in [0.4, 0.5) is 0 Å². The average molecular weight is 1260 g/mol. The summed E-state index contributed by atoms with van der Waals surface area (Å²) < 4.78 is 0. The van der Waals surface area contributed by atoms with Crippen LogP contribution < -0.4 is 81.0 Å². The molecule has 2 unspecified atom stereocenters. The van der Waals surface area contributed by atoms with Gasteiger partial charge in [-0.2, -0.15) is 0 Å². The molecule has 0 aliphatic carbocycles. The van der Waals surface area contributed by atoms with Crippen molar-refractivity contribution in [3.8, 4) is 0 Å². The second kappa shape index (κ2) is 41.8. The number of amides is 9. The third-order valence-corrected chi connectivity index (χ3v) is 13.8. The third-order valence-electron chi connectivity index (χ3n) is 13.8. The molecule has 0 bridgehead atoms. The maximum absolute atomic E-state index is 14.9. The van der Waals surface area contributed by atoms with Gasteiger partial charge in [-0.1, -0.05) is 53.7 Å². The maximum atomic E-state index is 14.9. The predicted molar refractivity (Wildman–Crippen MR) is 328 cm³/mol. The third kappa shape index (κ3) is 32.0. The van der Waals surface area contributed by atoms with Crippen molar-refractivity contribution < 1.29 is 77.3 Å². The lowest BCUT2D eigenvalue weighted by atomic mass is 9.92.